The van der Waals surface area contributed by atoms with Crippen LogP contribution in [-0.4, -0.2) is 49.7 Å². The molecule has 0 aromatic rings. The number of carbonyl (C=O) groups is 1. The molecule has 1 rings (SSSR count). The largest absolute Gasteiger partial charge is 0.466 e. The maximum atomic E-state index is 11.4. The summed E-state index contributed by atoms with van der Waals surface area (Å²) in [4.78, 5) is 13.6. The van der Waals surface area contributed by atoms with Crippen LogP contribution in [-0.2, 0) is 9.53 Å². The molecule has 2 atom stereocenters. The van der Waals surface area contributed by atoms with Crippen LogP contribution in [0, 0.1) is 5.92 Å². The van der Waals surface area contributed by atoms with Gasteiger partial charge in [-0.25, -0.2) is 0 Å². The van der Waals surface area contributed by atoms with Crippen molar-refractivity contribution in [1.82, 2.24) is 4.90 Å². The minimum atomic E-state index is -0.116. The fourth-order valence-corrected chi connectivity index (χ4v) is 2.32. The third kappa shape index (κ3) is 4.47. The van der Waals surface area contributed by atoms with E-state index in [4.69, 9.17) is 16.2 Å². The van der Waals surface area contributed by atoms with Crippen molar-refractivity contribution in [2.45, 2.75) is 25.8 Å². The molecule has 2 unspecified atom stereocenters. The Bertz CT molecular complexity index is 223. The van der Waals surface area contributed by atoms with Gasteiger partial charge >= 0.3 is 5.97 Å². The Balaban J connectivity index is 2.37. The maximum Gasteiger partial charge on any atom is 0.306 e. The summed E-state index contributed by atoms with van der Waals surface area (Å²) >= 11 is 0. The van der Waals surface area contributed by atoms with Gasteiger partial charge in [0.05, 0.1) is 6.61 Å². The molecule has 0 radical (unpaired) electrons. The molecule has 1 fully saturated rings. The Morgan fingerprint density at radius 3 is 2.88 bits per heavy atom. The SMILES string of the molecule is CCOC(=O)CC1CC(N)CN(CCN)C1. The Morgan fingerprint density at radius 1 is 1.50 bits per heavy atom. The van der Waals surface area contributed by atoms with Crippen LogP contribution in [0.3, 0.4) is 0 Å². The van der Waals surface area contributed by atoms with Gasteiger partial charge < -0.3 is 21.1 Å². The minimum absolute atomic E-state index is 0.116. The molecule has 4 N–H and O–H groups in total. The van der Waals surface area contributed by atoms with Gasteiger partial charge in [0, 0.05) is 38.6 Å². The normalized spacial score (nSPS) is 26.7. The van der Waals surface area contributed by atoms with E-state index in [9.17, 15) is 4.79 Å². The van der Waals surface area contributed by atoms with Crippen molar-refractivity contribution in [1.29, 1.82) is 0 Å². The highest BCUT2D eigenvalue weighted by Crippen LogP contribution is 2.19. The summed E-state index contributed by atoms with van der Waals surface area (Å²) in [5.74, 6) is 0.198. The lowest BCUT2D eigenvalue weighted by Gasteiger charge is -2.35. The summed E-state index contributed by atoms with van der Waals surface area (Å²) in [6.45, 7) is 5.56. The fraction of sp³-hybridized carbons (Fsp3) is 0.909. The lowest BCUT2D eigenvalue weighted by Crippen LogP contribution is -2.48. The van der Waals surface area contributed by atoms with Crippen molar-refractivity contribution < 1.29 is 9.53 Å². The first-order chi connectivity index (χ1) is 7.65. The Morgan fingerprint density at radius 2 is 2.25 bits per heavy atom. The van der Waals surface area contributed by atoms with Gasteiger partial charge in [-0.05, 0) is 19.3 Å². The zero-order chi connectivity index (χ0) is 12.0. The molecule has 1 saturated heterocycles. The summed E-state index contributed by atoms with van der Waals surface area (Å²) in [5, 5.41) is 0. The Hall–Kier alpha value is -0.650. The zero-order valence-electron chi connectivity index (χ0n) is 10.0. The molecule has 0 aliphatic carbocycles. The van der Waals surface area contributed by atoms with Crippen molar-refractivity contribution in [3.05, 3.63) is 0 Å². The van der Waals surface area contributed by atoms with Crippen LogP contribution in [0.15, 0.2) is 0 Å². The second-order valence-corrected chi connectivity index (χ2v) is 4.42. The maximum absolute atomic E-state index is 11.4. The van der Waals surface area contributed by atoms with Gasteiger partial charge in [-0.2, -0.15) is 0 Å². The standard InChI is InChI=1S/C11H23N3O2/c1-2-16-11(15)6-9-5-10(13)8-14(7-9)4-3-12/h9-10H,2-8,12-13H2,1H3. The number of ether oxygens (including phenoxy) is 1. The second kappa shape index (κ2) is 6.83. The van der Waals surface area contributed by atoms with Gasteiger partial charge in [0.15, 0.2) is 0 Å². The van der Waals surface area contributed by atoms with Gasteiger partial charge in [0.1, 0.15) is 0 Å². The first-order valence-electron chi connectivity index (χ1n) is 5.99. The molecular weight excluding hydrogens is 206 g/mol. The number of nitrogens with zero attached hydrogens (tertiary/aromatic N) is 1. The summed E-state index contributed by atoms with van der Waals surface area (Å²) in [6, 6.07) is 0.153. The average Bonchev–Trinajstić information content (AvgIpc) is 2.17. The number of hydrogen-bond donors (Lipinski definition) is 2. The topological polar surface area (TPSA) is 81.6 Å². The molecule has 1 aliphatic rings. The Kier molecular flexibility index (Phi) is 5.73. The molecule has 16 heavy (non-hydrogen) atoms. The smallest absolute Gasteiger partial charge is 0.306 e. The summed E-state index contributed by atoms with van der Waals surface area (Å²) in [7, 11) is 0. The lowest BCUT2D eigenvalue weighted by molar-refractivity contribution is -0.144. The highest BCUT2D eigenvalue weighted by molar-refractivity contribution is 5.69. The molecule has 5 nitrogen and oxygen atoms in total. The average molecular weight is 229 g/mol. The Labute approximate surface area is 97.1 Å². The lowest BCUT2D eigenvalue weighted by atomic mass is 9.92. The van der Waals surface area contributed by atoms with Gasteiger partial charge in [0.2, 0.25) is 0 Å². The molecule has 0 aromatic heterocycles. The molecule has 1 heterocycles. The van der Waals surface area contributed by atoms with E-state index in [0.717, 1.165) is 26.1 Å². The van der Waals surface area contributed by atoms with E-state index in [1.165, 1.54) is 0 Å². The zero-order valence-corrected chi connectivity index (χ0v) is 10.0. The number of esters is 1. The van der Waals surface area contributed by atoms with Crippen LogP contribution in [0.5, 0.6) is 0 Å². The molecule has 5 heteroatoms. The molecule has 0 amide bonds. The van der Waals surface area contributed by atoms with E-state index in [0.29, 0.717) is 25.5 Å². The number of piperidine rings is 1. The number of carbonyl (C=O) groups excluding carboxylic acids is 1. The third-order valence-corrected chi connectivity index (χ3v) is 2.85. The molecular formula is C11H23N3O2. The van der Waals surface area contributed by atoms with Crippen LogP contribution < -0.4 is 11.5 Å². The predicted octanol–water partition coefficient (Wildman–Crippen LogP) is -0.452. The fourth-order valence-electron chi connectivity index (χ4n) is 2.32. The van der Waals surface area contributed by atoms with Crippen LogP contribution in [0.25, 0.3) is 0 Å². The molecule has 1 aliphatic heterocycles. The van der Waals surface area contributed by atoms with E-state index >= 15 is 0 Å². The molecule has 0 saturated carbocycles. The molecule has 0 aromatic carbocycles. The second-order valence-electron chi connectivity index (χ2n) is 4.42. The van der Waals surface area contributed by atoms with E-state index in [2.05, 4.69) is 4.90 Å². The monoisotopic (exact) mass is 229 g/mol. The highest BCUT2D eigenvalue weighted by Gasteiger charge is 2.26. The molecule has 94 valence electrons. The summed E-state index contributed by atoms with van der Waals surface area (Å²) < 4.78 is 4.95. The van der Waals surface area contributed by atoms with Crippen molar-refractivity contribution in [2.24, 2.45) is 17.4 Å². The summed E-state index contributed by atoms with van der Waals surface area (Å²) in [5.41, 5.74) is 11.5. The number of nitrogens with two attached hydrogens (primary N) is 2. The number of likely N-dealkylation sites (tertiary alicyclic amines) is 1. The van der Waals surface area contributed by atoms with Crippen molar-refractivity contribution in [3.63, 3.8) is 0 Å². The summed E-state index contributed by atoms with van der Waals surface area (Å²) in [6.07, 6.45) is 1.38. The number of hydrogen-bond acceptors (Lipinski definition) is 5. The predicted molar refractivity (Wildman–Crippen MR) is 62.8 cm³/mol. The first kappa shape index (κ1) is 13.4. The van der Waals surface area contributed by atoms with Crippen LogP contribution in [0.2, 0.25) is 0 Å². The van der Waals surface area contributed by atoms with E-state index in [1.54, 1.807) is 0 Å². The van der Waals surface area contributed by atoms with Gasteiger partial charge in [-0.1, -0.05) is 0 Å². The van der Waals surface area contributed by atoms with Crippen molar-refractivity contribution in [2.75, 3.05) is 32.8 Å². The van der Waals surface area contributed by atoms with Crippen molar-refractivity contribution >= 4 is 5.97 Å². The highest BCUT2D eigenvalue weighted by atomic mass is 16.5. The van der Waals surface area contributed by atoms with Crippen LogP contribution >= 0.6 is 0 Å². The van der Waals surface area contributed by atoms with E-state index < -0.39 is 0 Å². The van der Waals surface area contributed by atoms with E-state index in [-0.39, 0.29) is 12.0 Å². The van der Waals surface area contributed by atoms with Crippen LogP contribution in [0.4, 0.5) is 0 Å². The van der Waals surface area contributed by atoms with Gasteiger partial charge in [0.25, 0.3) is 0 Å². The number of rotatable bonds is 5. The third-order valence-electron chi connectivity index (χ3n) is 2.85. The molecule has 0 spiro atoms. The van der Waals surface area contributed by atoms with Crippen molar-refractivity contribution in [3.8, 4) is 0 Å². The quantitative estimate of drug-likeness (QED) is 0.624. The van der Waals surface area contributed by atoms with Crippen LogP contribution in [0.1, 0.15) is 19.8 Å². The molecule has 0 bridgehead atoms. The van der Waals surface area contributed by atoms with E-state index in [1.807, 2.05) is 6.92 Å². The van der Waals surface area contributed by atoms with Gasteiger partial charge in [-0.15, -0.1) is 0 Å². The first-order valence-corrected chi connectivity index (χ1v) is 5.99. The minimum Gasteiger partial charge on any atom is -0.466 e. The van der Waals surface area contributed by atoms with Gasteiger partial charge in [-0.3, -0.25) is 4.79 Å².